The smallest absolute Gasteiger partial charge is 0.166 e. The first kappa shape index (κ1) is 12.8. The molecule has 0 saturated carbocycles. The van der Waals surface area contributed by atoms with Gasteiger partial charge in [0.25, 0.3) is 0 Å². The molecule has 0 fully saturated rings. The molecule has 0 aromatic carbocycles. The van der Waals surface area contributed by atoms with Crippen molar-refractivity contribution >= 4 is 28.1 Å². The first-order valence-corrected chi connectivity index (χ1v) is 6.11. The van der Waals surface area contributed by atoms with Crippen molar-refractivity contribution in [2.24, 2.45) is 0 Å². The van der Waals surface area contributed by atoms with Crippen LogP contribution >= 0.6 is 12.2 Å². The maximum atomic E-state index is 10.7. The lowest BCUT2D eigenvalue weighted by molar-refractivity contribution is 0.204. The molecule has 0 bridgehead atoms. The minimum absolute atomic E-state index is 0.586. The third kappa shape index (κ3) is 9.72. The second kappa shape index (κ2) is 8.40. The average Bonchev–Trinajstić information content (AvgIpc) is 2.04. The lowest BCUT2D eigenvalue weighted by atomic mass is 10.6. The van der Waals surface area contributed by atoms with Gasteiger partial charge in [-0.25, -0.2) is 0 Å². The topological polar surface area (TPSA) is 50.4 Å². The largest absolute Gasteiger partial charge is 0.383 e. The minimum Gasteiger partial charge on any atom is -0.383 e. The minimum atomic E-state index is -0.764. The molecule has 0 aromatic heterocycles. The van der Waals surface area contributed by atoms with Crippen LogP contribution in [0.15, 0.2) is 0 Å². The number of hydrogen-bond acceptors (Lipinski definition) is 3. The summed E-state index contributed by atoms with van der Waals surface area (Å²) in [7, 11) is 0.873. The third-order valence-corrected chi connectivity index (χ3v) is 2.33. The highest BCUT2D eigenvalue weighted by Gasteiger charge is 1.94. The zero-order valence-electron chi connectivity index (χ0n) is 7.96. The highest BCUT2D eigenvalue weighted by molar-refractivity contribution is 7.84. The first-order chi connectivity index (χ1) is 6.16. The number of thiocarbonyl (C=S) groups is 1. The second-order valence-electron chi connectivity index (χ2n) is 2.45. The summed E-state index contributed by atoms with van der Waals surface area (Å²) < 4.78 is 15.5. The van der Waals surface area contributed by atoms with Crippen molar-refractivity contribution in [1.82, 2.24) is 10.6 Å². The summed E-state index contributed by atoms with van der Waals surface area (Å²) in [6.07, 6.45) is 1.67. The van der Waals surface area contributed by atoms with Crippen molar-refractivity contribution < 1.29 is 8.95 Å². The molecule has 0 rings (SSSR count). The fourth-order valence-electron chi connectivity index (χ4n) is 0.637. The Bertz CT molecular complexity index is 176. The SMILES string of the molecule is COCCNC(=S)NCCS(C)=O. The molecule has 4 nitrogen and oxygen atoms in total. The Morgan fingerprint density at radius 2 is 2.08 bits per heavy atom. The molecular formula is C7H16N2O2S2. The van der Waals surface area contributed by atoms with E-state index in [-0.39, 0.29) is 0 Å². The van der Waals surface area contributed by atoms with Crippen LogP contribution in [0.1, 0.15) is 0 Å². The lowest BCUT2D eigenvalue weighted by Crippen LogP contribution is -2.38. The predicted molar refractivity (Wildman–Crippen MR) is 59.4 cm³/mol. The van der Waals surface area contributed by atoms with Crippen molar-refractivity contribution in [3.63, 3.8) is 0 Å². The van der Waals surface area contributed by atoms with Crippen LogP contribution in [-0.2, 0) is 15.5 Å². The van der Waals surface area contributed by atoms with E-state index in [0.717, 1.165) is 0 Å². The van der Waals surface area contributed by atoms with Crippen LogP contribution in [0.25, 0.3) is 0 Å². The Kier molecular flexibility index (Phi) is 8.27. The number of rotatable bonds is 6. The zero-order valence-corrected chi connectivity index (χ0v) is 9.59. The molecule has 0 aliphatic heterocycles. The van der Waals surface area contributed by atoms with E-state index in [1.807, 2.05) is 0 Å². The Labute approximate surface area is 86.9 Å². The number of hydrogen-bond donors (Lipinski definition) is 2. The highest BCUT2D eigenvalue weighted by Crippen LogP contribution is 1.73. The molecule has 0 aliphatic rings. The van der Waals surface area contributed by atoms with Gasteiger partial charge in [-0.2, -0.15) is 0 Å². The molecule has 6 heteroatoms. The van der Waals surface area contributed by atoms with Crippen LogP contribution in [0.5, 0.6) is 0 Å². The van der Waals surface area contributed by atoms with E-state index >= 15 is 0 Å². The van der Waals surface area contributed by atoms with Gasteiger partial charge in [-0.3, -0.25) is 4.21 Å². The van der Waals surface area contributed by atoms with Crippen molar-refractivity contribution in [3.8, 4) is 0 Å². The number of methoxy groups -OCH3 is 1. The summed E-state index contributed by atoms with van der Waals surface area (Å²) in [6, 6.07) is 0. The number of ether oxygens (including phenoxy) is 1. The van der Waals surface area contributed by atoms with Crippen molar-refractivity contribution in [1.29, 1.82) is 0 Å². The summed E-state index contributed by atoms with van der Waals surface area (Å²) in [4.78, 5) is 0. The van der Waals surface area contributed by atoms with E-state index in [2.05, 4.69) is 10.6 Å². The molecule has 0 saturated heterocycles. The van der Waals surface area contributed by atoms with Gasteiger partial charge in [-0.05, 0) is 12.2 Å². The van der Waals surface area contributed by atoms with E-state index in [4.69, 9.17) is 17.0 Å². The van der Waals surface area contributed by atoms with E-state index in [0.29, 0.717) is 30.6 Å². The van der Waals surface area contributed by atoms with Gasteiger partial charge in [-0.15, -0.1) is 0 Å². The monoisotopic (exact) mass is 224 g/mol. The molecule has 0 radical (unpaired) electrons. The van der Waals surface area contributed by atoms with Crippen LogP contribution in [0, 0.1) is 0 Å². The summed E-state index contributed by atoms with van der Waals surface area (Å²) in [6.45, 7) is 1.96. The van der Waals surface area contributed by atoms with Crippen LogP contribution in [0.4, 0.5) is 0 Å². The van der Waals surface area contributed by atoms with E-state index in [1.54, 1.807) is 13.4 Å². The Morgan fingerprint density at radius 1 is 1.46 bits per heavy atom. The van der Waals surface area contributed by atoms with Gasteiger partial charge in [-0.1, -0.05) is 0 Å². The fraction of sp³-hybridized carbons (Fsp3) is 0.857. The van der Waals surface area contributed by atoms with Gasteiger partial charge >= 0.3 is 0 Å². The van der Waals surface area contributed by atoms with Gasteiger partial charge in [0.05, 0.1) is 6.61 Å². The standard InChI is InChI=1S/C7H16N2O2S2/c1-11-5-3-8-7(12)9-4-6-13(2)10/h3-6H2,1-2H3,(H2,8,9,12). The highest BCUT2D eigenvalue weighted by atomic mass is 32.2. The Morgan fingerprint density at radius 3 is 2.62 bits per heavy atom. The zero-order chi connectivity index (χ0) is 10.1. The van der Waals surface area contributed by atoms with Crippen molar-refractivity contribution in [2.45, 2.75) is 0 Å². The van der Waals surface area contributed by atoms with Crippen molar-refractivity contribution in [3.05, 3.63) is 0 Å². The third-order valence-electron chi connectivity index (χ3n) is 1.27. The molecule has 0 heterocycles. The lowest BCUT2D eigenvalue weighted by Gasteiger charge is -2.08. The maximum Gasteiger partial charge on any atom is 0.166 e. The van der Waals surface area contributed by atoms with E-state index in [9.17, 15) is 4.21 Å². The molecule has 0 amide bonds. The van der Waals surface area contributed by atoms with E-state index in [1.165, 1.54) is 0 Å². The van der Waals surface area contributed by atoms with Crippen LogP contribution in [0.2, 0.25) is 0 Å². The van der Waals surface area contributed by atoms with Crippen LogP contribution in [0.3, 0.4) is 0 Å². The van der Waals surface area contributed by atoms with Crippen LogP contribution < -0.4 is 10.6 Å². The Balaban J connectivity index is 3.25. The quantitative estimate of drug-likeness (QED) is 0.469. The van der Waals surface area contributed by atoms with E-state index < -0.39 is 10.8 Å². The van der Waals surface area contributed by atoms with Gasteiger partial charge in [0.2, 0.25) is 0 Å². The predicted octanol–water partition coefficient (Wildman–Crippen LogP) is -0.525. The fourth-order valence-corrected chi connectivity index (χ4v) is 1.23. The maximum absolute atomic E-state index is 10.7. The molecular weight excluding hydrogens is 208 g/mol. The number of nitrogens with one attached hydrogen (secondary N) is 2. The molecule has 0 aliphatic carbocycles. The average molecular weight is 224 g/mol. The first-order valence-electron chi connectivity index (χ1n) is 3.97. The molecule has 1 unspecified atom stereocenters. The van der Waals surface area contributed by atoms with Gasteiger partial charge in [0, 0.05) is 43.0 Å². The summed E-state index contributed by atoms with van der Waals surface area (Å²) in [5.41, 5.74) is 0. The molecule has 78 valence electrons. The summed E-state index contributed by atoms with van der Waals surface area (Å²) >= 11 is 4.94. The van der Waals surface area contributed by atoms with Crippen molar-refractivity contribution in [2.75, 3.05) is 38.8 Å². The molecule has 13 heavy (non-hydrogen) atoms. The summed E-state index contributed by atoms with van der Waals surface area (Å²) in [5, 5.41) is 6.48. The van der Waals surface area contributed by atoms with Crippen LogP contribution in [-0.4, -0.2) is 48.1 Å². The molecule has 0 aromatic rings. The normalized spacial score (nSPS) is 12.2. The Hall–Kier alpha value is -0.200. The summed E-state index contributed by atoms with van der Waals surface area (Å²) in [5.74, 6) is 0.617. The second-order valence-corrected chi connectivity index (χ2v) is 4.42. The van der Waals surface area contributed by atoms with Gasteiger partial charge in [0.1, 0.15) is 0 Å². The van der Waals surface area contributed by atoms with Gasteiger partial charge < -0.3 is 15.4 Å². The van der Waals surface area contributed by atoms with Gasteiger partial charge in [0.15, 0.2) is 5.11 Å². The molecule has 1 atom stereocenters. The molecule has 0 spiro atoms. The molecule has 2 N–H and O–H groups in total.